The van der Waals surface area contributed by atoms with Gasteiger partial charge in [0.25, 0.3) is 0 Å². The number of pyridine rings is 3. The molecule has 0 aliphatic heterocycles. The SMILES string of the molecule is Brc1ccc(-c2cc(-c3ccccn3)nc(-c3ccccn3)c2)c2ccccc12. The van der Waals surface area contributed by atoms with Crippen molar-refractivity contribution in [1.29, 1.82) is 0 Å². The van der Waals surface area contributed by atoms with Crippen molar-refractivity contribution in [3.8, 4) is 33.9 Å². The second kappa shape index (κ2) is 7.57. The summed E-state index contributed by atoms with van der Waals surface area (Å²) in [6.45, 7) is 0. The molecule has 3 aromatic heterocycles. The first-order valence-corrected chi connectivity index (χ1v) is 10.1. The molecular formula is C25H16BrN3. The van der Waals surface area contributed by atoms with Gasteiger partial charge in [-0.05, 0) is 64.4 Å². The Morgan fingerprint density at radius 3 is 1.72 bits per heavy atom. The minimum Gasteiger partial charge on any atom is -0.255 e. The molecule has 0 saturated heterocycles. The summed E-state index contributed by atoms with van der Waals surface area (Å²) < 4.78 is 1.08. The van der Waals surface area contributed by atoms with Crippen molar-refractivity contribution in [3.63, 3.8) is 0 Å². The van der Waals surface area contributed by atoms with E-state index in [2.05, 4.69) is 74.4 Å². The van der Waals surface area contributed by atoms with Crippen LogP contribution in [0.5, 0.6) is 0 Å². The summed E-state index contributed by atoms with van der Waals surface area (Å²) in [4.78, 5) is 13.9. The van der Waals surface area contributed by atoms with Crippen LogP contribution in [0.25, 0.3) is 44.7 Å². The van der Waals surface area contributed by atoms with Crippen LogP contribution < -0.4 is 0 Å². The van der Waals surface area contributed by atoms with Gasteiger partial charge in [-0.3, -0.25) is 9.97 Å². The van der Waals surface area contributed by atoms with E-state index >= 15 is 0 Å². The topological polar surface area (TPSA) is 38.7 Å². The summed E-state index contributed by atoms with van der Waals surface area (Å²) in [5.41, 5.74) is 5.58. The summed E-state index contributed by atoms with van der Waals surface area (Å²) in [5.74, 6) is 0. The number of rotatable bonds is 3. The van der Waals surface area contributed by atoms with E-state index in [4.69, 9.17) is 4.98 Å². The Morgan fingerprint density at radius 1 is 0.552 bits per heavy atom. The van der Waals surface area contributed by atoms with Gasteiger partial charge in [0, 0.05) is 16.9 Å². The van der Waals surface area contributed by atoms with Gasteiger partial charge in [-0.15, -0.1) is 0 Å². The van der Waals surface area contributed by atoms with Gasteiger partial charge in [0.1, 0.15) is 0 Å². The normalized spacial score (nSPS) is 10.9. The summed E-state index contributed by atoms with van der Waals surface area (Å²) in [6, 6.07) is 28.6. The second-order valence-electron chi connectivity index (χ2n) is 6.70. The van der Waals surface area contributed by atoms with E-state index in [-0.39, 0.29) is 0 Å². The molecule has 0 atom stereocenters. The Balaban J connectivity index is 1.79. The second-order valence-corrected chi connectivity index (χ2v) is 7.55. The monoisotopic (exact) mass is 437 g/mol. The Hall–Kier alpha value is -3.37. The first-order valence-electron chi connectivity index (χ1n) is 9.32. The van der Waals surface area contributed by atoms with Crippen LogP contribution in [0.4, 0.5) is 0 Å². The number of hydrogen-bond donors (Lipinski definition) is 0. The number of hydrogen-bond acceptors (Lipinski definition) is 3. The predicted molar refractivity (Wildman–Crippen MR) is 121 cm³/mol. The van der Waals surface area contributed by atoms with Crippen molar-refractivity contribution < 1.29 is 0 Å². The minimum absolute atomic E-state index is 0.829. The molecule has 0 spiro atoms. The first kappa shape index (κ1) is 17.7. The summed E-state index contributed by atoms with van der Waals surface area (Å²) in [5, 5.41) is 2.37. The third kappa shape index (κ3) is 3.43. The summed E-state index contributed by atoms with van der Waals surface area (Å²) in [7, 11) is 0. The molecule has 5 rings (SSSR count). The molecule has 0 bridgehead atoms. The number of aromatic nitrogens is 3. The molecule has 0 aliphatic rings. The zero-order valence-corrected chi connectivity index (χ0v) is 17.0. The maximum Gasteiger partial charge on any atom is 0.0900 e. The predicted octanol–water partition coefficient (Wildman–Crippen LogP) is 6.79. The third-order valence-electron chi connectivity index (χ3n) is 4.86. The van der Waals surface area contributed by atoms with Crippen LogP contribution in [0.2, 0.25) is 0 Å². The number of halogens is 1. The van der Waals surface area contributed by atoms with Crippen molar-refractivity contribution in [3.05, 3.63) is 102 Å². The van der Waals surface area contributed by atoms with Gasteiger partial charge in [-0.25, -0.2) is 4.98 Å². The van der Waals surface area contributed by atoms with Crippen molar-refractivity contribution in [2.45, 2.75) is 0 Å². The molecule has 2 aromatic carbocycles. The standard InChI is InChI=1S/C25H16BrN3/c26-21-12-11-18(19-7-1-2-8-20(19)21)17-15-24(22-9-3-5-13-27-22)29-25(16-17)23-10-4-6-14-28-23/h1-16H. The maximum absolute atomic E-state index is 4.86. The first-order chi connectivity index (χ1) is 14.3. The molecular weight excluding hydrogens is 422 g/mol. The Bertz CT molecular complexity index is 1240. The number of fused-ring (bicyclic) bond motifs is 1. The van der Waals surface area contributed by atoms with E-state index in [9.17, 15) is 0 Å². The van der Waals surface area contributed by atoms with Gasteiger partial charge < -0.3 is 0 Å². The third-order valence-corrected chi connectivity index (χ3v) is 5.55. The van der Waals surface area contributed by atoms with Crippen LogP contribution >= 0.6 is 15.9 Å². The summed E-state index contributed by atoms with van der Waals surface area (Å²) in [6.07, 6.45) is 3.58. The zero-order valence-electron chi connectivity index (χ0n) is 15.5. The minimum atomic E-state index is 0.829. The van der Waals surface area contributed by atoms with Gasteiger partial charge in [0.05, 0.1) is 22.8 Å². The van der Waals surface area contributed by atoms with E-state index in [0.29, 0.717) is 0 Å². The van der Waals surface area contributed by atoms with E-state index in [1.165, 1.54) is 10.8 Å². The van der Waals surface area contributed by atoms with Crippen LogP contribution in [0.1, 0.15) is 0 Å². The van der Waals surface area contributed by atoms with E-state index in [1.807, 2.05) is 36.4 Å². The van der Waals surface area contributed by atoms with E-state index < -0.39 is 0 Å². The smallest absolute Gasteiger partial charge is 0.0900 e. The highest BCUT2D eigenvalue weighted by molar-refractivity contribution is 9.10. The fourth-order valence-corrected chi connectivity index (χ4v) is 3.97. The highest BCUT2D eigenvalue weighted by Crippen LogP contribution is 2.35. The van der Waals surface area contributed by atoms with Crippen LogP contribution in [-0.4, -0.2) is 15.0 Å². The molecule has 5 aromatic rings. The zero-order chi connectivity index (χ0) is 19.6. The molecule has 0 aliphatic carbocycles. The van der Waals surface area contributed by atoms with Crippen LogP contribution in [-0.2, 0) is 0 Å². The average molecular weight is 438 g/mol. The largest absolute Gasteiger partial charge is 0.255 e. The molecule has 138 valence electrons. The Morgan fingerprint density at radius 2 is 1.14 bits per heavy atom. The van der Waals surface area contributed by atoms with Crippen LogP contribution in [0.3, 0.4) is 0 Å². The molecule has 0 N–H and O–H groups in total. The average Bonchev–Trinajstić information content (AvgIpc) is 2.80. The molecule has 0 amide bonds. The van der Waals surface area contributed by atoms with E-state index in [1.54, 1.807) is 12.4 Å². The number of nitrogens with zero attached hydrogens (tertiary/aromatic N) is 3. The fraction of sp³-hybridized carbons (Fsp3) is 0. The van der Waals surface area contributed by atoms with E-state index in [0.717, 1.165) is 38.4 Å². The molecule has 4 heteroatoms. The molecule has 0 fully saturated rings. The van der Waals surface area contributed by atoms with Crippen molar-refractivity contribution in [1.82, 2.24) is 15.0 Å². The number of benzene rings is 2. The lowest BCUT2D eigenvalue weighted by atomic mass is 9.97. The van der Waals surface area contributed by atoms with Crippen molar-refractivity contribution >= 4 is 26.7 Å². The molecule has 0 unspecified atom stereocenters. The lowest BCUT2D eigenvalue weighted by Crippen LogP contribution is -1.94. The van der Waals surface area contributed by atoms with Crippen LogP contribution in [0, 0.1) is 0 Å². The lowest BCUT2D eigenvalue weighted by molar-refractivity contribution is 1.22. The van der Waals surface area contributed by atoms with Gasteiger partial charge >= 0.3 is 0 Å². The molecule has 29 heavy (non-hydrogen) atoms. The quantitative estimate of drug-likeness (QED) is 0.311. The lowest BCUT2D eigenvalue weighted by Gasteiger charge is -2.12. The highest BCUT2D eigenvalue weighted by atomic mass is 79.9. The van der Waals surface area contributed by atoms with Crippen molar-refractivity contribution in [2.24, 2.45) is 0 Å². The Labute approximate surface area is 177 Å². The van der Waals surface area contributed by atoms with Gasteiger partial charge in [0.15, 0.2) is 0 Å². The van der Waals surface area contributed by atoms with Crippen molar-refractivity contribution in [2.75, 3.05) is 0 Å². The van der Waals surface area contributed by atoms with Gasteiger partial charge in [-0.2, -0.15) is 0 Å². The van der Waals surface area contributed by atoms with Crippen LogP contribution in [0.15, 0.2) is 102 Å². The molecule has 3 nitrogen and oxygen atoms in total. The highest BCUT2D eigenvalue weighted by Gasteiger charge is 2.12. The van der Waals surface area contributed by atoms with Gasteiger partial charge in [0.2, 0.25) is 0 Å². The van der Waals surface area contributed by atoms with Gasteiger partial charge in [-0.1, -0.05) is 58.4 Å². The molecule has 0 radical (unpaired) electrons. The summed E-state index contributed by atoms with van der Waals surface area (Å²) >= 11 is 3.67. The molecule has 3 heterocycles. The fourth-order valence-electron chi connectivity index (χ4n) is 3.49. The maximum atomic E-state index is 4.86. The molecule has 0 saturated carbocycles. The Kier molecular flexibility index (Phi) is 4.62.